The zero-order chi connectivity index (χ0) is 15.9. The van der Waals surface area contributed by atoms with E-state index < -0.39 is 6.04 Å². The lowest BCUT2D eigenvalue weighted by Gasteiger charge is -2.21. The number of hydrogen-bond acceptors (Lipinski definition) is 2. The van der Waals surface area contributed by atoms with Gasteiger partial charge in [-0.15, -0.1) is 0 Å². The van der Waals surface area contributed by atoms with Crippen molar-refractivity contribution < 1.29 is 14.3 Å². The van der Waals surface area contributed by atoms with Gasteiger partial charge in [0.25, 0.3) is 0 Å². The molecule has 0 heterocycles. The van der Waals surface area contributed by atoms with Crippen LogP contribution in [0, 0.1) is 5.82 Å². The Morgan fingerprint density at radius 1 is 1.14 bits per heavy atom. The Balaban J connectivity index is 2.14. The second-order valence-corrected chi connectivity index (χ2v) is 5.17. The van der Waals surface area contributed by atoms with Gasteiger partial charge in [-0.05, 0) is 29.7 Å². The second kappa shape index (κ2) is 7.71. The Morgan fingerprint density at radius 2 is 1.82 bits per heavy atom. The number of hydrogen-bond donors (Lipinski definition) is 2. The maximum absolute atomic E-state index is 13.3. The summed E-state index contributed by atoms with van der Waals surface area (Å²) in [5.74, 6) is -0.846. The number of aliphatic hydroxyl groups is 1. The molecule has 0 aliphatic heterocycles. The van der Waals surface area contributed by atoms with Crippen molar-refractivity contribution in [3.8, 4) is 0 Å². The van der Waals surface area contributed by atoms with Crippen molar-refractivity contribution in [3.05, 3.63) is 71.5 Å². The Hall–Kier alpha value is -2.20. The summed E-state index contributed by atoms with van der Waals surface area (Å²) in [6.07, 6.45) is 0.650. The van der Waals surface area contributed by atoms with E-state index in [0.717, 1.165) is 5.56 Å². The van der Waals surface area contributed by atoms with Crippen LogP contribution in [0.3, 0.4) is 0 Å². The molecule has 2 aromatic carbocycles. The minimum atomic E-state index is -0.610. The second-order valence-electron chi connectivity index (χ2n) is 5.17. The molecular formula is C18H20FNO2. The number of carbonyl (C=O) groups is 1. The standard InChI is InChI=1S/C18H20FNO2/c1-2-16(13-7-4-3-5-8-13)18(22)20-17(12-21)14-9-6-10-15(19)11-14/h3-11,16-17,21H,2,12H2,1H3,(H,20,22). The molecule has 0 spiro atoms. The summed E-state index contributed by atoms with van der Waals surface area (Å²) in [6.45, 7) is 1.66. The Bertz CT molecular complexity index is 615. The highest BCUT2D eigenvalue weighted by molar-refractivity contribution is 5.84. The molecule has 0 radical (unpaired) electrons. The summed E-state index contributed by atoms with van der Waals surface area (Å²) < 4.78 is 13.3. The lowest BCUT2D eigenvalue weighted by molar-refractivity contribution is -0.123. The van der Waals surface area contributed by atoms with Crippen LogP contribution in [0.25, 0.3) is 0 Å². The van der Waals surface area contributed by atoms with E-state index in [1.54, 1.807) is 12.1 Å². The molecule has 0 fully saturated rings. The molecule has 0 bridgehead atoms. The smallest absolute Gasteiger partial charge is 0.228 e. The molecule has 116 valence electrons. The van der Waals surface area contributed by atoms with E-state index in [9.17, 15) is 14.3 Å². The summed E-state index contributed by atoms with van der Waals surface area (Å²) in [4.78, 5) is 12.5. The van der Waals surface area contributed by atoms with Crippen LogP contribution in [0.4, 0.5) is 4.39 Å². The molecule has 2 atom stereocenters. The third-order valence-corrected chi connectivity index (χ3v) is 3.68. The third kappa shape index (κ3) is 3.92. The summed E-state index contributed by atoms with van der Waals surface area (Å²) in [6, 6.07) is 14.8. The highest BCUT2D eigenvalue weighted by Crippen LogP contribution is 2.21. The highest BCUT2D eigenvalue weighted by Gasteiger charge is 2.22. The van der Waals surface area contributed by atoms with Gasteiger partial charge in [0.15, 0.2) is 0 Å². The SMILES string of the molecule is CCC(C(=O)NC(CO)c1cccc(F)c1)c1ccccc1. The Kier molecular flexibility index (Phi) is 5.67. The number of rotatable bonds is 6. The molecule has 2 rings (SSSR count). The predicted molar refractivity (Wildman–Crippen MR) is 83.8 cm³/mol. The van der Waals surface area contributed by atoms with Crippen molar-refractivity contribution in [3.63, 3.8) is 0 Å². The number of halogens is 1. The van der Waals surface area contributed by atoms with Crippen LogP contribution in [-0.2, 0) is 4.79 Å². The molecule has 2 unspecified atom stereocenters. The zero-order valence-corrected chi connectivity index (χ0v) is 12.5. The number of benzene rings is 2. The van der Waals surface area contributed by atoms with Crippen molar-refractivity contribution >= 4 is 5.91 Å². The fraction of sp³-hybridized carbons (Fsp3) is 0.278. The van der Waals surface area contributed by atoms with Crippen molar-refractivity contribution in [2.75, 3.05) is 6.61 Å². The van der Waals surface area contributed by atoms with E-state index in [1.807, 2.05) is 37.3 Å². The van der Waals surface area contributed by atoms with Gasteiger partial charge in [-0.3, -0.25) is 4.79 Å². The number of amides is 1. The van der Waals surface area contributed by atoms with Crippen molar-refractivity contribution in [2.24, 2.45) is 0 Å². The van der Waals surface area contributed by atoms with Crippen molar-refractivity contribution in [2.45, 2.75) is 25.3 Å². The molecular weight excluding hydrogens is 281 g/mol. The van der Waals surface area contributed by atoms with Gasteiger partial charge in [0.2, 0.25) is 5.91 Å². The molecule has 0 saturated heterocycles. The Morgan fingerprint density at radius 3 is 2.41 bits per heavy atom. The molecule has 1 amide bonds. The largest absolute Gasteiger partial charge is 0.394 e. The molecule has 22 heavy (non-hydrogen) atoms. The first kappa shape index (κ1) is 16.2. The number of carbonyl (C=O) groups excluding carboxylic acids is 1. The first-order valence-corrected chi connectivity index (χ1v) is 7.37. The third-order valence-electron chi connectivity index (χ3n) is 3.68. The van der Waals surface area contributed by atoms with E-state index >= 15 is 0 Å². The van der Waals surface area contributed by atoms with Gasteiger partial charge in [-0.2, -0.15) is 0 Å². The summed E-state index contributed by atoms with van der Waals surface area (Å²) >= 11 is 0. The van der Waals surface area contributed by atoms with Crippen LogP contribution in [0.5, 0.6) is 0 Å². The van der Waals surface area contributed by atoms with Gasteiger partial charge in [-0.1, -0.05) is 49.4 Å². The van der Waals surface area contributed by atoms with Gasteiger partial charge in [0.05, 0.1) is 18.6 Å². The van der Waals surface area contributed by atoms with Crippen molar-refractivity contribution in [1.82, 2.24) is 5.32 Å². The molecule has 0 aromatic heterocycles. The number of aliphatic hydroxyl groups excluding tert-OH is 1. The zero-order valence-electron chi connectivity index (χ0n) is 12.5. The Labute approximate surface area is 129 Å². The highest BCUT2D eigenvalue weighted by atomic mass is 19.1. The summed E-state index contributed by atoms with van der Waals surface area (Å²) in [5, 5.41) is 12.3. The van der Waals surface area contributed by atoms with E-state index in [4.69, 9.17) is 0 Å². The summed E-state index contributed by atoms with van der Waals surface area (Å²) in [7, 11) is 0. The molecule has 3 nitrogen and oxygen atoms in total. The van der Waals surface area contributed by atoms with E-state index in [2.05, 4.69) is 5.32 Å². The molecule has 0 aliphatic carbocycles. The average Bonchev–Trinajstić information content (AvgIpc) is 2.54. The predicted octanol–water partition coefficient (Wildman–Crippen LogP) is 3.17. The van der Waals surface area contributed by atoms with Gasteiger partial charge >= 0.3 is 0 Å². The van der Waals surface area contributed by atoms with Crippen LogP contribution < -0.4 is 5.32 Å². The van der Waals surface area contributed by atoms with Crippen LogP contribution >= 0.6 is 0 Å². The maximum atomic E-state index is 13.3. The van der Waals surface area contributed by atoms with Gasteiger partial charge in [-0.25, -0.2) is 4.39 Å². The quantitative estimate of drug-likeness (QED) is 0.861. The maximum Gasteiger partial charge on any atom is 0.228 e. The molecule has 2 aromatic rings. The van der Waals surface area contributed by atoms with E-state index in [1.165, 1.54) is 12.1 Å². The van der Waals surface area contributed by atoms with Crippen LogP contribution in [0.1, 0.15) is 36.4 Å². The minimum Gasteiger partial charge on any atom is -0.394 e. The molecule has 4 heteroatoms. The molecule has 0 aliphatic rings. The van der Waals surface area contributed by atoms with Gasteiger partial charge in [0, 0.05) is 0 Å². The van der Waals surface area contributed by atoms with E-state index in [0.29, 0.717) is 12.0 Å². The fourth-order valence-corrected chi connectivity index (χ4v) is 2.49. The van der Waals surface area contributed by atoms with Crippen LogP contribution in [0.2, 0.25) is 0 Å². The first-order valence-electron chi connectivity index (χ1n) is 7.37. The van der Waals surface area contributed by atoms with Crippen LogP contribution in [-0.4, -0.2) is 17.6 Å². The number of nitrogens with one attached hydrogen (secondary N) is 1. The van der Waals surface area contributed by atoms with E-state index in [-0.39, 0.29) is 24.2 Å². The lowest BCUT2D eigenvalue weighted by Crippen LogP contribution is -2.34. The van der Waals surface area contributed by atoms with Gasteiger partial charge < -0.3 is 10.4 Å². The normalized spacial score (nSPS) is 13.4. The minimum absolute atomic E-state index is 0.169. The molecule has 0 saturated carbocycles. The van der Waals surface area contributed by atoms with Crippen molar-refractivity contribution in [1.29, 1.82) is 0 Å². The topological polar surface area (TPSA) is 49.3 Å². The van der Waals surface area contributed by atoms with Gasteiger partial charge in [0.1, 0.15) is 5.82 Å². The van der Waals surface area contributed by atoms with Crippen LogP contribution in [0.15, 0.2) is 54.6 Å². The summed E-state index contributed by atoms with van der Waals surface area (Å²) in [5.41, 5.74) is 1.48. The average molecular weight is 301 g/mol. The monoisotopic (exact) mass is 301 g/mol. The molecule has 2 N–H and O–H groups in total. The fourth-order valence-electron chi connectivity index (χ4n) is 2.49. The first-order chi connectivity index (χ1) is 10.7. The lowest BCUT2D eigenvalue weighted by atomic mass is 9.95.